The summed E-state index contributed by atoms with van der Waals surface area (Å²) in [6.07, 6.45) is 0. The van der Waals surface area contributed by atoms with Crippen LogP contribution in [0.25, 0.3) is 0 Å². The summed E-state index contributed by atoms with van der Waals surface area (Å²) in [4.78, 5) is 15.8. The number of hydrogen-bond donors (Lipinski definition) is 2. The first-order valence-corrected chi connectivity index (χ1v) is 7.46. The fourth-order valence-electron chi connectivity index (χ4n) is 1.77. The first-order valence-electron chi connectivity index (χ1n) is 6.33. The average molecular weight is 394 g/mol. The van der Waals surface area contributed by atoms with Gasteiger partial charge in [-0.1, -0.05) is 40.9 Å². The molecule has 24 heavy (non-hydrogen) atoms. The number of carbonyl (C=O) groups is 1. The number of nitrogen functional groups attached to an aromatic ring is 1. The summed E-state index contributed by atoms with van der Waals surface area (Å²) in [5.41, 5.74) is 6.77. The van der Waals surface area contributed by atoms with Crippen LogP contribution in [0.1, 0.15) is 23.0 Å². The third-order valence-corrected chi connectivity index (χ3v) is 4.07. The van der Waals surface area contributed by atoms with Crippen molar-refractivity contribution in [2.75, 3.05) is 5.73 Å². The van der Waals surface area contributed by atoms with Crippen LogP contribution in [0.2, 0.25) is 15.2 Å². The van der Waals surface area contributed by atoms with E-state index in [1.54, 1.807) is 0 Å². The lowest BCUT2D eigenvalue weighted by Gasteiger charge is -2.08. The van der Waals surface area contributed by atoms with Crippen LogP contribution < -0.4 is 11.2 Å². The van der Waals surface area contributed by atoms with Gasteiger partial charge in [-0.15, -0.1) is 0 Å². The summed E-state index contributed by atoms with van der Waals surface area (Å²) in [5, 5.41) is 3.11. The third kappa shape index (κ3) is 3.58. The standard InChI is InChI=1S/C14H9Cl3F2N4O/c1-5(8-6(18)3-2-4-7(8)19)22-23-14(24)12-9(15)11(20)10(16)13(17)21-12/h2-4H,1H3,(H2,20,21)(H,23,24)/b22-5-. The number of pyridine rings is 1. The van der Waals surface area contributed by atoms with Crippen molar-refractivity contribution in [1.29, 1.82) is 0 Å². The largest absolute Gasteiger partial charge is 0.396 e. The van der Waals surface area contributed by atoms with Crippen molar-refractivity contribution in [3.8, 4) is 0 Å². The summed E-state index contributed by atoms with van der Waals surface area (Å²) < 4.78 is 27.3. The maximum absolute atomic E-state index is 13.6. The SMILES string of the molecule is C/C(=N/NC(=O)c1nc(Cl)c(Cl)c(N)c1Cl)c1c(F)cccc1F. The summed E-state index contributed by atoms with van der Waals surface area (Å²) in [6, 6.07) is 3.34. The minimum atomic E-state index is -0.874. The smallest absolute Gasteiger partial charge is 0.291 e. The fourth-order valence-corrected chi connectivity index (χ4v) is 2.36. The minimum absolute atomic E-state index is 0.0914. The highest BCUT2D eigenvalue weighted by Gasteiger charge is 2.20. The molecule has 3 N–H and O–H groups in total. The van der Waals surface area contributed by atoms with Gasteiger partial charge in [0, 0.05) is 0 Å². The second kappa shape index (κ2) is 7.29. The number of anilines is 1. The Morgan fingerprint density at radius 2 is 1.79 bits per heavy atom. The van der Waals surface area contributed by atoms with Gasteiger partial charge in [0.1, 0.15) is 16.7 Å². The van der Waals surface area contributed by atoms with Gasteiger partial charge >= 0.3 is 0 Å². The molecule has 0 fully saturated rings. The van der Waals surface area contributed by atoms with E-state index in [0.717, 1.165) is 12.1 Å². The molecule has 0 saturated carbocycles. The van der Waals surface area contributed by atoms with Crippen LogP contribution in [0.15, 0.2) is 23.3 Å². The number of nitrogens with two attached hydrogens (primary N) is 1. The van der Waals surface area contributed by atoms with Crippen molar-refractivity contribution < 1.29 is 13.6 Å². The number of nitrogens with zero attached hydrogens (tertiary/aromatic N) is 2. The molecule has 1 aromatic heterocycles. The normalized spacial score (nSPS) is 11.5. The number of aromatic nitrogens is 1. The van der Waals surface area contributed by atoms with E-state index in [1.165, 1.54) is 13.0 Å². The van der Waals surface area contributed by atoms with Gasteiger partial charge in [-0.3, -0.25) is 4.79 Å². The highest BCUT2D eigenvalue weighted by Crippen LogP contribution is 2.34. The zero-order valence-corrected chi connectivity index (χ0v) is 14.3. The topological polar surface area (TPSA) is 80.4 Å². The number of halogens is 5. The Labute approximate surface area is 150 Å². The van der Waals surface area contributed by atoms with Crippen LogP contribution in [-0.4, -0.2) is 16.6 Å². The Balaban J connectivity index is 2.31. The Hall–Kier alpha value is -1.96. The molecule has 1 amide bonds. The first-order chi connectivity index (χ1) is 11.2. The van der Waals surface area contributed by atoms with Gasteiger partial charge in [-0.25, -0.2) is 19.2 Å². The molecule has 0 saturated heterocycles. The molecule has 0 radical (unpaired) electrons. The first kappa shape index (κ1) is 18.4. The molecule has 126 valence electrons. The molecule has 1 aromatic carbocycles. The molecule has 2 aromatic rings. The lowest BCUT2D eigenvalue weighted by atomic mass is 10.1. The molecule has 0 aliphatic carbocycles. The second-order valence-electron chi connectivity index (χ2n) is 4.53. The van der Waals surface area contributed by atoms with Crippen LogP contribution in [-0.2, 0) is 0 Å². The van der Waals surface area contributed by atoms with E-state index in [2.05, 4.69) is 15.5 Å². The maximum Gasteiger partial charge on any atom is 0.291 e. The Bertz CT molecular complexity index is 838. The highest BCUT2D eigenvalue weighted by molar-refractivity contribution is 6.46. The second-order valence-corrected chi connectivity index (χ2v) is 5.64. The Morgan fingerprint density at radius 1 is 1.21 bits per heavy atom. The van der Waals surface area contributed by atoms with Gasteiger partial charge < -0.3 is 5.73 Å². The van der Waals surface area contributed by atoms with Gasteiger partial charge in [-0.2, -0.15) is 5.10 Å². The van der Waals surface area contributed by atoms with Gasteiger partial charge in [0.2, 0.25) is 0 Å². The van der Waals surface area contributed by atoms with Gasteiger partial charge in [0.05, 0.1) is 22.0 Å². The summed E-state index contributed by atoms with van der Waals surface area (Å²) in [5.74, 6) is -2.51. The van der Waals surface area contributed by atoms with E-state index in [0.29, 0.717) is 0 Å². The van der Waals surface area contributed by atoms with E-state index in [4.69, 9.17) is 40.5 Å². The number of rotatable bonds is 3. The molecule has 0 bridgehead atoms. The molecule has 0 aliphatic rings. The number of benzene rings is 1. The molecular formula is C14H9Cl3F2N4O. The Kier molecular flexibility index (Phi) is 5.58. The maximum atomic E-state index is 13.6. The van der Waals surface area contributed by atoms with Crippen LogP contribution in [0.3, 0.4) is 0 Å². The van der Waals surface area contributed by atoms with E-state index < -0.39 is 17.5 Å². The van der Waals surface area contributed by atoms with E-state index in [-0.39, 0.29) is 37.9 Å². The number of amides is 1. The van der Waals surface area contributed by atoms with E-state index in [9.17, 15) is 13.6 Å². The van der Waals surface area contributed by atoms with E-state index in [1.807, 2.05) is 0 Å². The van der Waals surface area contributed by atoms with Crippen molar-refractivity contribution >= 4 is 52.1 Å². The molecule has 2 rings (SSSR count). The third-order valence-electron chi connectivity index (χ3n) is 2.94. The lowest BCUT2D eigenvalue weighted by Crippen LogP contribution is -2.22. The van der Waals surface area contributed by atoms with E-state index >= 15 is 0 Å². The molecule has 0 aliphatic heterocycles. The highest BCUT2D eigenvalue weighted by atomic mass is 35.5. The Morgan fingerprint density at radius 3 is 2.38 bits per heavy atom. The fraction of sp³-hybridized carbons (Fsp3) is 0.0714. The summed E-state index contributed by atoms with van der Waals surface area (Å²) in [7, 11) is 0. The van der Waals surface area contributed by atoms with Gasteiger partial charge in [-0.05, 0) is 19.1 Å². The molecule has 0 unspecified atom stereocenters. The molecular weight excluding hydrogens is 385 g/mol. The summed E-state index contributed by atoms with van der Waals surface area (Å²) >= 11 is 17.4. The monoisotopic (exact) mass is 392 g/mol. The lowest BCUT2D eigenvalue weighted by molar-refractivity contribution is 0.0950. The number of hydrazone groups is 1. The predicted octanol–water partition coefficient (Wildman–Crippen LogP) is 4.06. The predicted molar refractivity (Wildman–Crippen MR) is 89.7 cm³/mol. The molecule has 1 heterocycles. The van der Waals surface area contributed by atoms with Crippen molar-refractivity contribution in [2.45, 2.75) is 6.92 Å². The van der Waals surface area contributed by atoms with Crippen LogP contribution >= 0.6 is 34.8 Å². The molecule has 0 spiro atoms. The minimum Gasteiger partial charge on any atom is -0.396 e. The van der Waals surface area contributed by atoms with Crippen LogP contribution in [0.5, 0.6) is 0 Å². The van der Waals surface area contributed by atoms with Crippen molar-refractivity contribution in [3.63, 3.8) is 0 Å². The quantitative estimate of drug-likeness (QED) is 0.469. The van der Waals surface area contributed by atoms with Crippen LogP contribution in [0, 0.1) is 11.6 Å². The average Bonchev–Trinajstić information content (AvgIpc) is 2.53. The van der Waals surface area contributed by atoms with Crippen molar-refractivity contribution in [3.05, 3.63) is 56.3 Å². The molecule has 5 nitrogen and oxygen atoms in total. The zero-order valence-electron chi connectivity index (χ0n) is 12.0. The van der Waals surface area contributed by atoms with Crippen LogP contribution in [0.4, 0.5) is 14.5 Å². The molecule has 0 atom stereocenters. The summed E-state index contributed by atoms with van der Waals surface area (Å²) in [6.45, 7) is 1.32. The number of nitrogens with one attached hydrogen (secondary N) is 1. The van der Waals surface area contributed by atoms with Gasteiger partial charge in [0.25, 0.3) is 5.91 Å². The van der Waals surface area contributed by atoms with Crippen molar-refractivity contribution in [1.82, 2.24) is 10.4 Å². The molecule has 10 heteroatoms. The van der Waals surface area contributed by atoms with Gasteiger partial charge in [0.15, 0.2) is 10.8 Å². The number of hydrogen-bond acceptors (Lipinski definition) is 4. The van der Waals surface area contributed by atoms with Crippen molar-refractivity contribution in [2.24, 2.45) is 5.10 Å². The zero-order chi connectivity index (χ0) is 18.0. The number of carbonyl (C=O) groups excluding carboxylic acids is 1.